The SMILES string of the molecule is CCCC(CC(=O)N[C@H](C(=O)O)[C@@H](C)CC)n1ccnc1. The zero-order valence-electron chi connectivity index (χ0n) is 13.0. The second kappa shape index (κ2) is 8.44. The third kappa shape index (κ3) is 5.21. The number of rotatable bonds is 9. The van der Waals surface area contributed by atoms with Gasteiger partial charge >= 0.3 is 5.97 Å². The van der Waals surface area contributed by atoms with Crippen molar-refractivity contribution in [3.63, 3.8) is 0 Å². The van der Waals surface area contributed by atoms with Gasteiger partial charge in [-0.25, -0.2) is 9.78 Å². The maximum absolute atomic E-state index is 12.2. The quantitative estimate of drug-likeness (QED) is 0.731. The number of carbonyl (C=O) groups excluding carboxylic acids is 1. The monoisotopic (exact) mass is 295 g/mol. The fraction of sp³-hybridized carbons (Fsp3) is 0.667. The Balaban J connectivity index is 2.67. The zero-order chi connectivity index (χ0) is 15.8. The molecule has 1 rings (SSSR count). The molecule has 1 unspecified atom stereocenters. The summed E-state index contributed by atoms with van der Waals surface area (Å²) in [7, 11) is 0. The van der Waals surface area contributed by atoms with E-state index in [9.17, 15) is 14.7 Å². The highest BCUT2D eigenvalue weighted by Gasteiger charge is 2.26. The van der Waals surface area contributed by atoms with E-state index in [1.165, 1.54) is 0 Å². The van der Waals surface area contributed by atoms with Crippen LogP contribution in [0.5, 0.6) is 0 Å². The molecule has 1 aromatic heterocycles. The van der Waals surface area contributed by atoms with Gasteiger partial charge in [0.1, 0.15) is 6.04 Å². The third-order valence-electron chi connectivity index (χ3n) is 3.78. The van der Waals surface area contributed by atoms with Crippen molar-refractivity contribution in [3.05, 3.63) is 18.7 Å². The minimum atomic E-state index is -0.979. The van der Waals surface area contributed by atoms with Crippen LogP contribution in [-0.4, -0.2) is 32.6 Å². The Kier molecular flexibility index (Phi) is 6.91. The Labute approximate surface area is 125 Å². The predicted octanol–water partition coefficient (Wildman–Crippen LogP) is 2.23. The van der Waals surface area contributed by atoms with Crippen molar-refractivity contribution in [2.75, 3.05) is 0 Å². The fourth-order valence-electron chi connectivity index (χ4n) is 2.30. The summed E-state index contributed by atoms with van der Waals surface area (Å²) in [6.45, 7) is 5.80. The molecular formula is C15H25N3O3. The molecule has 1 heterocycles. The topological polar surface area (TPSA) is 84.2 Å². The van der Waals surface area contributed by atoms with Gasteiger partial charge in [0.15, 0.2) is 0 Å². The van der Waals surface area contributed by atoms with Crippen molar-refractivity contribution in [2.45, 2.75) is 58.5 Å². The van der Waals surface area contributed by atoms with Gasteiger partial charge in [0.2, 0.25) is 5.91 Å². The lowest BCUT2D eigenvalue weighted by molar-refractivity contribution is -0.143. The van der Waals surface area contributed by atoms with E-state index in [4.69, 9.17) is 0 Å². The Morgan fingerprint density at radius 3 is 2.57 bits per heavy atom. The molecule has 0 bridgehead atoms. The molecule has 6 nitrogen and oxygen atoms in total. The van der Waals surface area contributed by atoms with Crippen LogP contribution in [-0.2, 0) is 9.59 Å². The average Bonchev–Trinajstić information content (AvgIpc) is 2.97. The summed E-state index contributed by atoms with van der Waals surface area (Å²) in [4.78, 5) is 27.4. The van der Waals surface area contributed by atoms with Crippen LogP contribution in [0.2, 0.25) is 0 Å². The van der Waals surface area contributed by atoms with Gasteiger partial charge in [-0.05, 0) is 12.3 Å². The van der Waals surface area contributed by atoms with Gasteiger partial charge in [0.25, 0.3) is 0 Å². The van der Waals surface area contributed by atoms with Gasteiger partial charge in [-0.1, -0.05) is 33.6 Å². The van der Waals surface area contributed by atoms with Crippen LogP contribution in [0.25, 0.3) is 0 Å². The molecule has 21 heavy (non-hydrogen) atoms. The lowest BCUT2D eigenvalue weighted by Crippen LogP contribution is -2.45. The van der Waals surface area contributed by atoms with Gasteiger partial charge in [0, 0.05) is 24.9 Å². The largest absolute Gasteiger partial charge is 0.480 e. The van der Waals surface area contributed by atoms with Crippen molar-refractivity contribution < 1.29 is 14.7 Å². The molecule has 0 radical (unpaired) electrons. The molecule has 0 saturated carbocycles. The molecule has 0 aromatic carbocycles. The van der Waals surface area contributed by atoms with Crippen molar-refractivity contribution >= 4 is 11.9 Å². The zero-order valence-corrected chi connectivity index (χ0v) is 13.0. The summed E-state index contributed by atoms with van der Waals surface area (Å²) in [6, 6.07) is -0.809. The van der Waals surface area contributed by atoms with E-state index in [0.717, 1.165) is 12.8 Å². The van der Waals surface area contributed by atoms with Crippen LogP contribution in [0.15, 0.2) is 18.7 Å². The highest BCUT2D eigenvalue weighted by molar-refractivity contribution is 5.83. The molecule has 1 aromatic rings. The van der Waals surface area contributed by atoms with Crippen molar-refractivity contribution in [1.82, 2.24) is 14.9 Å². The number of carbonyl (C=O) groups is 2. The molecular weight excluding hydrogens is 270 g/mol. The fourth-order valence-corrected chi connectivity index (χ4v) is 2.30. The molecule has 0 aliphatic rings. The molecule has 6 heteroatoms. The van der Waals surface area contributed by atoms with Crippen molar-refractivity contribution in [3.8, 4) is 0 Å². The molecule has 3 atom stereocenters. The third-order valence-corrected chi connectivity index (χ3v) is 3.78. The van der Waals surface area contributed by atoms with Crippen molar-refractivity contribution in [1.29, 1.82) is 0 Å². The van der Waals surface area contributed by atoms with E-state index in [-0.39, 0.29) is 24.3 Å². The number of imidazole rings is 1. The number of hydrogen-bond donors (Lipinski definition) is 2. The first-order valence-corrected chi connectivity index (χ1v) is 7.49. The highest BCUT2D eigenvalue weighted by atomic mass is 16.4. The Bertz CT molecular complexity index is 445. The Hall–Kier alpha value is -1.85. The van der Waals surface area contributed by atoms with E-state index in [1.807, 2.05) is 24.6 Å². The van der Waals surface area contributed by atoms with Crippen LogP contribution in [0.1, 0.15) is 52.5 Å². The second-order valence-electron chi connectivity index (χ2n) is 5.43. The number of aromatic nitrogens is 2. The van der Waals surface area contributed by atoms with Crippen LogP contribution < -0.4 is 5.32 Å². The summed E-state index contributed by atoms with van der Waals surface area (Å²) in [5, 5.41) is 11.9. The van der Waals surface area contributed by atoms with E-state index in [1.54, 1.807) is 12.5 Å². The van der Waals surface area contributed by atoms with Gasteiger partial charge in [-0.15, -0.1) is 0 Å². The van der Waals surface area contributed by atoms with E-state index < -0.39 is 12.0 Å². The second-order valence-corrected chi connectivity index (χ2v) is 5.43. The Morgan fingerprint density at radius 1 is 1.38 bits per heavy atom. The maximum atomic E-state index is 12.2. The molecule has 0 saturated heterocycles. The number of nitrogens with one attached hydrogen (secondary N) is 1. The molecule has 2 N–H and O–H groups in total. The summed E-state index contributed by atoms with van der Waals surface area (Å²) >= 11 is 0. The van der Waals surface area contributed by atoms with Crippen LogP contribution in [0, 0.1) is 5.92 Å². The number of aliphatic carboxylic acids is 1. The standard InChI is InChI=1S/C15H25N3O3/c1-4-6-12(18-8-7-16-10-18)9-13(19)17-14(15(20)21)11(3)5-2/h7-8,10-12,14H,4-6,9H2,1-3H3,(H,17,19)(H,20,21)/t11-,12?,14-/m0/s1. The molecule has 0 spiro atoms. The number of nitrogens with zero attached hydrogens (tertiary/aromatic N) is 2. The first-order chi connectivity index (χ1) is 9.99. The van der Waals surface area contributed by atoms with Gasteiger partial charge < -0.3 is 15.0 Å². The van der Waals surface area contributed by atoms with Crippen LogP contribution in [0.4, 0.5) is 0 Å². The lowest BCUT2D eigenvalue weighted by Gasteiger charge is -2.22. The van der Waals surface area contributed by atoms with E-state index in [0.29, 0.717) is 6.42 Å². The molecule has 1 amide bonds. The molecule has 0 aliphatic carbocycles. The smallest absolute Gasteiger partial charge is 0.326 e. The van der Waals surface area contributed by atoms with E-state index >= 15 is 0 Å². The summed E-state index contributed by atoms with van der Waals surface area (Å²) in [5.41, 5.74) is 0. The van der Waals surface area contributed by atoms with Crippen LogP contribution >= 0.6 is 0 Å². The van der Waals surface area contributed by atoms with Gasteiger partial charge in [-0.3, -0.25) is 4.79 Å². The normalized spacial score (nSPS) is 15.2. The van der Waals surface area contributed by atoms with Crippen LogP contribution in [0.3, 0.4) is 0 Å². The number of amides is 1. The summed E-state index contributed by atoms with van der Waals surface area (Å²) in [5.74, 6) is -1.30. The summed E-state index contributed by atoms with van der Waals surface area (Å²) in [6.07, 6.45) is 7.98. The predicted molar refractivity (Wildman–Crippen MR) is 79.8 cm³/mol. The maximum Gasteiger partial charge on any atom is 0.326 e. The average molecular weight is 295 g/mol. The minimum Gasteiger partial charge on any atom is -0.480 e. The van der Waals surface area contributed by atoms with E-state index in [2.05, 4.69) is 17.2 Å². The lowest BCUT2D eigenvalue weighted by atomic mass is 9.98. The first kappa shape index (κ1) is 17.2. The number of hydrogen-bond acceptors (Lipinski definition) is 3. The summed E-state index contributed by atoms with van der Waals surface area (Å²) < 4.78 is 1.90. The first-order valence-electron chi connectivity index (χ1n) is 7.49. The molecule has 118 valence electrons. The highest BCUT2D eigenvalue weighted by Crippen LogP contribution is 2.18. The van der Waals surface area contributed by atoms with Gasteiger partial charge in [-0.2, -0.15) is 0 Å². The molecule has 0 aliphatic heterocycles. The Morgan fingerprint density at radius 2 is 2.10 bits per heavy atom. The van der Waals surface area contributed by atoms with Crippen molar-refractivity contribution in [2.24, 2.45) is 5.92 Å². The molecule has 0 fully saturated rings. The number of carboxylic acid groups (broad SMARTS) is 1. The number of carboxylic acids is 1. The van der Waals surface area contributed by atoms with Gasteiger partial charge in [0.05, 0.1) is 6.33 Å². The minimum absolute atomic E-state index is 0.0175.